The van der Waals surface area contributed by atoms with Gasteiger partial charge >= 0.3 is 0 Å². The maximum atomic E-state index is 6.15. The lowest BCUT2D eigenvalue weighted by Crippen LogP contribution is -1.98. The van der Waals surface area contributed by atoms with E-state index < -0.39 is 0 Å². The van der Waals surface area contributed by atoms with Crippen LogP contribution in [0.5, 0.6) is 0 Å². The van der Waals surface area contributed by atoms with E-state index in [1.54, 1.807) is 0 Å². The molecule has 2 aromatic rings. The number of benzene rings is 2. The van der Waals surface area contributed by atoms with Crippen LogP contribution in [0, 0.1) is 20.8 Å². The summed E-state index contributed by atoms with van der Waals surface area (Å²) in [7, 11) is 0. The predicted octanol–water partition coefficient (Wildman–Crippen LogP) is 6.40. The first kappa shape index (κ1) is 14.9. The second-order valence-corrected chi connectivity index (χ2v) is 6.56. The van der Waals surface area contributed by atoms with Crippen LogP contribution >= 0.6 is 39.1 Å². The highest BCUT2D eigenvalue weighted by molar-refractivity contribution is 9.09. The van der Waals surface area contributed by atoms with E-state index in [9.17, 15) is 0 Å². The van der Waals surface area contributed by atoms with Gasteiger partial charge in [-0.3, -0.25) is 0 Å². The van der Waals surface area contributed by atoms with E-state index in [1.807, 2.05) is 26.0 Å². The molecule has 0 aromatic heterocycles. The second kappa shape index (κ2) is 5.87. The molecule has 1 unspecified atom stereocenters. The van der Waals surface area contributed by atoms with Gasteiger partial charge in [-0.15, -0.1) is 0 Å². The van der Waals surface area contributed by atoms with Gasteiger partial charge in [0.25, 0.3) is 0 Å². The molecule has 0 saturated carbocycles. The third kappa shape index (κ3) is 3.16. The number of alkyl halides is 1. The Morgan fingerprint density at radius 3 is 2.11 bits per heavy atom. The van der Waals surface area contributed by atoms with Gasteiger partial charge in [0.1, 0.15) is 0 Å². The van der Waals surface area contributed by atoms with Crippen molar-refractivity contribution < 1.29 is 0 Å². The normalized spacial score (nSPS) is 12.5. The standard InChI is InChI=1S/C16H15BrCl2/c1-9-8-15(19)11(3)7-13(9)16(17)12-4-5-14(18)10(2)6-12/h4-8,16H,1-3H3. The molecule has 0 spiro atoms. The van der Waals surface area contributed by atoms with E-state index in [4.69, 9.17) is 23.2 Å². The van der Waals surface area contributed by atoms with E-state index in [0.29, 0.717) is 0 Å². The zero-order valence-electron chi connectivity index (χ0n) is 11.1. The Bertz CT molecular complexity index is 620. The highest BCUT2D eigenvalue weighted by Gasteiger charge is 2.15. The fourth-order valence-electron chi connectivity index (χ4n) is 2.08. The number of hydrogen-bond acceptors (Lipinski definition) is 0. The lowest BCUT2D eigenvalue weighted by molar-refractivity contribution is 1.13. The molecule has 0 heterocycles. The van der Waals surface area contributed by atoms with E-state index in [-0.39, 0.29) is 4.83 Å². The molecule has 0 bridgehead atoms. The van der Waals surface area contributed by atoms with Crippen molar-refractivity contribution in [2.75, 3.05) is 0 Å². The van der Waals surface area contributed by atoms with Crippen LogP contribution in [0.15, 0.2) is 30.3 Å². The lowest BCUT2D eigenvalue weighted by Gasteiger charge is -2.16. The Labute approximate surface area is 132 Å². The highest BCUT2D eigenvalue weighted by Crippen LogP contribution is 2.36. The topological polar surface area (TPSA) is 0 Å². The Morgan fingerprint density at radius 2 is 1.47 bits per heavy atom. The molecule has 0 N–H and O–H groups in total. The van der Waals surface area contributed by atoms with Crippen LogP contribution in [0.4, 0.5) is 0 Å². The molecule has 0 aliphatic heterocycles. The van der Waals surface area contributed by atoms with Gasteiger partial charge in [-0.1, -0.05) is 57.3 Å². The summed E-state index contributed by atoms with van der Waals surface area (Å²) in [5, 5.41) is 1.61. The van der Waals surface area contributed by atoms with Gasteiger partial charge in [-0.05, 0) is 60.7 Å². The molecule has 2 aromatic carbocycles. The van der Waals surface area contributed by atoms with Gasteiger partial charge < -0.3 is 0 Å². The summed E-state index contributed by atoms with van der Waals surface area (Å²) >= 11 is 16.0. The fraction of sp³-hybridized carbons (Fsp3) is 0.250. The van der Waals surface area contributed by atoms with E-state index in [1.165, 1.54) is 16.7 Å². The van der Waals surface area contributed by atoms with Crippen molar-refractivity contribution in [3.05, 3.63) is 68.2 Å². The summed E-state index contributed by atoms with van der Waals surface area (Å²) in [4.78, 5) is 0.152. The zero-order valence-corrected chi connectivity index (χ0v) is 14.2. The Balaban J connectivity index is 2.46. The SMILES string of the molecule is Cc1cc(C(Br)c2cc(C)c(Cl)cc2C)ccc1Cl. The molecule has 0 nitrogen and oxygen atoms in total. The highest BCUT2D eigenvalue weighted by atomic mass is 79.9. The van der Waals surface area contributed by atoms with E-state index in [0.717, 1.165) is 21.2 Å². The minimum absolute atomic E-state index is 0.152. The summed E-state index contributed by atoms with van der Waals surface area (Å²) in [5.41, 5.74) is 5.81. The van der Waals surface area contributed by atoms with Crippen molar-refractivity contribution in [3.8, 4) is 0 Å². The lowest BCUT2D eigenvalue weighted by atomic mass is 9.97. The van der Waals surface area contributed by atoms with Gasteiger partial charge in [0.05, 0.1) is 4.83 Å². The van der Waals surface area contributed by atoms with Gasteiger partial charge in [-0.25, -0.2) is 0 Å². The minimum atomic E-state index is 0.152. The molecule has 0 aliphatic rings. The number of rotatable bonds is 2. The third-order valence-corrected chi connectivity index (χ3v) is 5.15. The van der Waals surface area contributed by atoms with Gasteiger partial charge in [-0.2, -0.15) is 0 Å². The maximum Gasteiger partial charge on any atom is 0.0647 e. The van der Waals surface area contributed by atoms with Crippen molar-refractivity contribution in [2.24, 2.45) is 0 Å². The van der Waals surface area contributed by atoms with Crippen LogP contribution in [-0.4, -0.2) is 0 Å². The van der Waals surface area contributed by atoms with Crippen LogP contribution in [0.3, 0.4) is 0 Å². The molecule has 2 rings (SSSR count). The number of halogens is 3. The fourth-order valence-corrected chi connectivity index (χ4v) is 3.20. The first-order valence-electron chi connectivity index (χ1n) is 6.07. The van der Waals surface area contributed by atoms with Crippen LogP contribution in [0.1, 0.15) is 32.6 Å². The van der Waals surface area contributed by atoms with Gasteiger partial charge in [0.2, 0.25) is 0 Å². The van der Waals surface area contributed by atoms with Gasteiger partial charge in [0.15, 0.2) is 0 Å². The van der Waals surface area contributed by atoms with Crippen LogP contribution in [0.25, 0.3) is 0 Å². The zero-order chi connectivity index (χ0) is 14.2. The minimum Gasteiger partial charge on any atom is -0.0841 e. The van der Waals surface area contributed by atoms with Gasteiger partial charge in [0, 0.05) is 10.0 Å². The predicted molar refractivity (Wildman–Crippen MR) is 87.9 cm³/mol. The average molecular weight is 358 g/mol. The molecule has 1 atom stereocenters. The quantitative estimate of drug-likeness (QED) is 0.545. The Kier molecular flexibility index (Phi) is 4.60. The van der Waals surface area contributed by atoms with Crippen LogP contribution < -0.4 is 0 Å². The van der Waals surface area contributed by atoms with Crippen molar-refractivity contribution in [1.82, 2.24) is 0 Å². The summed E-state index contributed by atoms with van der Waals surface area (Å²) < 4.78 is 0. The Hall–Kier alpha value is -0.500. The smallest absolute Gasteiger partial charge is 0.0647 e. The second-order valence-electron chi connectivity index (χ2n) is 4.83. The van der Waals surface area contributed by atoms with E-state index >= 15 is 0 Å². The molecule has 0 aliphatic carbocycles. The molecule has 3 heteroatoms. The molecule has 0 amide bonds. The number of aryl methyl sites for hydroxylation is 3. The first-order valence-corrected chi connectivity index (χ1v) is 7.74. The summed E-state index contributed by atoms with van der Waals surface area (Å²) in [5.74, 6) is 0. The van der Waals surface area contributed by atoms with Crippen LogP contribution in [-0.2, 0) is 0 Å². The Morgan fingerprint density at radius 1 is 0.842 bits per heavy atom. The molecule has 100 valence electrons. The largest absolute Gasteiger partial charge is 0.0841 e. The third-order valence-electron chi connectivity index (χ3n) is 3.30. The average Bonchev–Trinajstić information content (AvgIpc) is 2.36. The van der Waals surface area contributed by atoms with Crippen molar-refractivity contribution in [2.45, 2.75) is 25.6 Å². The maximum absolute atomic E-state index is 6.15. The monoisotopic (exact) mass is 356 g/mol. The summed E-state index contributed by atoms with van der Waals surface area (Å²) in [6.07, 6.45) is 0. The summed E-state index contributed by atoms with van der Waals surface area (Å²) in [6, 6.07) is 10.3. The first-order chi connectivity index (χ1) is 8.90. The summed E-state index contributed by atoms with van der Waals surface area (Å²) in [6.45, 7) is 6.13. The molecular weight excluding hydrogens is 343 g/mol. The van der Waals surface area contributed by atoms with Crippen molar-refractivity contribution in [1.29, 1.82) is 0 Å². The van der Waals surface area contributed by atoms with Crippen molar-refractivity contribution in [3.63, 3.8) is 0 Å². The molecule has 0 fully saturated rings. The van der Waals surface area contributed by atoms with Crippen LogP contribution in [0.2, 0.25) is 10.0 Å². The molecule has 19 heavy (non-hydrogen) atoms. The molecular formula is C16H15BrCl2. The van der Waals surface area contributed by atoms with E-state index in [2.05, 4.69) is 41.1 Å². The molecule has 0 radical (unpaired) electrons. The molecule has 0 saturated heterocycles. The number of hydrogen-bond donors (Lipinski definition) is 0. The van der Waals surface area contributed by atoms with Crippen molar-refractivity contribution >= 4 is 39.1 Å².